The van der Waals surface area contributed by atoms with Gasteiger partial charge in [-0.2, -0.15) is 5.26 Å². The fourth-order valence-electron chi connectivity index (χ4n) is 1.05. The van der Waals surface area contributed by atoms with Crippen molar-refractivity contribution in [3.05, 3.63) is 29.6 Å². The maximum Gasteiger partial charge on any atom is 0.124 e. The molecule has 0 saturated carbocycles. The van der Waals surface area contributed by atoms with Crippen molar-refractivity contribution in [3.63, 3.8) is 0 Å². The molecule has 0 atom stereocenters. The lowest BCUT2D eigenvalue weighted by Crippen LogP contribution is -2.10. The average Bonchev–Trinajstić information content (AvgIpc) is 2.07. The largest absolute Gasteiger partial charge is 0.382 e. The normalized spacial score (nSPS) is 9.77. The topological polar surface area (TPSA) is 35.8 Å². The van der Waals surface area contributed by atoms with Crippen LogP contribution in [0, 0.1) is 17.1 Å². The molecule has 0 fully saturated rings. The van der Waals surface area contributed by atoms with E-state index in [0.29, 0.717) is 11.3 Å². The number of halogens is 1. The molecule has 1 rings (SSSR count). The molecule has 0 spiro atoms. The maximum absolute atomic E-state index is 12.7. The predicted molar refractivity (Wildman–Crippen MR) is 49.9 cm³/mol. The summed E-state index contributed by atoms with van der Waals surface area (Å²) >= 11 is 0. The Labute approximate surface area is 77.0 Å². The van der Waals surface area contributed by atoms with E-state index in [-0.39, 0.29) is 11.9 Å². The van der Waals surface area contributed by atoms with Crippen LogP contribution in [0.2, 0.25) is 0 Å². The van der Waals surface area contributed by atoms with E-state index in [0.717, 1.165) is 0 Å². The minimum absolute atomic E-state index is 0.234. The minimum Gasteiger partial charge on any atom is -0.382 e. The molecule has 0 saturated heterocycles. The Hall–Kier alpha value is -1.56. The molecule has 68 valence electrons. The van der Waals surface area contributed by atoms with E-state index in [2.05, 4.69) is 5.32 Å². The highest BCUT2D eigenvalue weighted by atomic mass is 19.1. The summed E-state index contributed by atoms with van der Waals surface area (Å²) in [6.07, 6.45) is 0. The zero-order valence-corrected chi connectivity index (χ0v) is 7.63. The van der Waals surface area contributed by atoms with Crippen LogP contribution in [-0.4, -0.2) is 6.04 Å². The second-order valence-corrected chi connectivity index (χ2v) is 3.10. The van der Waals surface area contributed by atoms with Crippen molar-refractivity contribution in [2.75, 3.05) is 5.32 Å². The highest BCUT2D eigenvalue weighted by Gasteiger charge is 2.03. The lowest BCUT2D eigenvalue weighted by atomic mass is 10.2. The highest BCUT2D eigenvalue weighted by Crippen LogP contribution is 2.16. The van der Waals surface area contributed by atoms with Gasteiger partial charge < -0.3 is 5.32 Å². The Bertz CT molecular complexity index is 339. The molecule has 2 nitrogen and oxygen atoms in total. The van der Waals surface area contributed by atoms with E-state index in [1.807, 2.05) is 19.9 Å². The van der Waals surface area contributed by atoms with Crippen LogP contribution in [0.4, 0.5) is 10.1 Å². The number of nitriles is 1. The molecule has 0 radical (unpaired) electrons. The molecule has 0 aliphatic heterocycles. The minimum atomic E-state index is -0.383. The van der Waals surface area contributed by atoms with Gasteiger partial charge in [0, 0.05) is 6.04 Å². The van der Waals surface area contributed by atoms with Crippen molar-refractivity contribution in [1.82, 2.24) is 0 Å². The molecule has 0 unspecified atom stereocenters. The van der Waals surface area contributed by atoms with Crippen LogP contribution in [-0.2, 0) is 0 Å². The fourth-order valence-corrected chi connectivity index (χ4v) is 1.05. The van der Waals surface area contributed by atoms with Crippen LogP contribution in [0.5, 0.6) is 0 Å². The van der Waals surface area contributed by atoms with Crippen molar-refractivity contribution in [3.8, 4) is 6.07 Å². The van der Waals surface area contributed by atoms with Crippen molar-refractivity contribution >= 4 is 5.69 Å². The molecule has 0 aliphatic rings. The Balaban J connectivity index is 3.01. The van der Waals surface area contributed by atoms with Crippen molar-refractivity contribution in [2.24, 2.45) is 0 Å². The first-order valence-corrected chi connectivity index (χ1v) is 4.09. The van der Waals surface area contributed by atoms with Crippen LogP contribution < -0.4 is 5.32 Å². The zero-order valence-electron chi connectivity index (χ0n) is 7.63. The molecule has 0 bridgehead atoms. The summed E-state index contributed by atoms with van der Waals surface area (Å²) in [4.78, 5) is 0. The fraction of sp³-hybridized carbons (Fsp3) is 0.300. The first-order valence-electron chi connectivity index (χ1n) is 4.09. The van der Waals surface area contributed by atoms with E-state index < -0.39 is 0 Å². The molecular weight excluding hydrogens is 167 g/mol. The van der Waals surface area contributed by atoms with Gasteiger partial charge in [0.2, 0.25) is 0 Å². The molecule has 0 heterocycles. The Morgan fingerprint density at radius 3 is 2.69 bits per heavy atom. The van der Waals surface area contributed by atoms with Gasteiger partial charge in [-0.25, -0.2) is 4.39 Å². The van der Waals surface area contributed by atoms with Gasteiger partial charge in [-0.05, 0) is 32.0 Å². The summed E-state index contributed by atoms with van der Waals surface area (Å²) in [6.45, 7) is 3.93. The van der Waals surface area contributed by atoms with E-state index in [9.17, 15) is 4.39 Å². The second-order valence-electron chi connectivity index (χ2n) is 3.10. The molecule has 3 heteroatoms. The Morgan fingerprint density at radius 2 is 2.15 bits per heavy atom. The van der Waals surface area contributed by atoms with Crippen LogP contribution >= 0.6 is 0 Å². The van der Waals surface area contributed by atoms with Gasteiger partial charge in [-0.3, -0.25) is 0 Å². The first kappa shape index (κ1) is 9.53. The third kappa shape index (κ3) is 2.45. The maximum atomic E-state index is 12.7. The van der Waals surface area contributed by atoms with Gasteiger partial charge in [0.05, 0.1) is 11.3 Å². The Morgan fingerprint density at radius 1 is 1.46 bits per heavy atom. The van der Waals surface area contributed by atoms with Gasteiger partial charge in [0.1, 0.15) is 11.9 Å². The van der Waals surface area contributed by atoms with Gasteiger partial charge in [0.15, 0.2) is 0 Å². The second kappa shape index (κ2) is 3.90. The van der Waals surface area contributed by atoms with Crippen molar-refractivity contribution in [1.29, 1.82) is 5.26 Å². The zero-order chi connectivity index (χ0) is 9.84. The smallest absolute Gasteiger partial charge is 0.124 e. The van der Waals surface area contributed by atoms with Gasteiger partial charge in [-0.15, -0.1) is 0 Å². The monoisotopic (exact) mass is 178 g/mol. The number of rotatable bonds is 2. The molecule has 0 aliphatic carbocycles. The number of anilines is 1. The van der Waals surface area contributed by atoms with Crippen LogP contribution in [0.25, 0.3) is 0 Å². The predicted octanol–water partition coefficient (Wildman–Crippen LogP) is 2.52. The highest BCUT2D eigenvalue weighted by molar-refractivity contribution is 5.57. The molecule has 0 amide bonds. The lowest BCUT2D eigenvalue weighted by molar-refractivity contribution is 0.627. The third-order valence-corrected chi connectivity index (χ3v) is 1.55. The van der Waals surface area contributed by atoms with Gasteiger partial charge >= 0.3 is 0 Å². The number of nitrogens with one attached hydrogen (secondary N) is 1. The molecule has 0 aromatic heterocycles. The van der Waals surface area contributed by atoms with E-state index in [1.165, 1.54) is 12.1 Å². The quantitative estimate of drug-likeness (QED) is 0.755. The van der Waals surface area contributed by atoms with Gasteiger partial charge in [0.25, 0.3) is 0 Å². The average molecular weight is 178 g/mol. The summed E-state index contributed by atoms with van der Waals surface area (Å²) in [7, 11) is 0. The summed E-state index contributed by atoms with van der Waals surface area (Å²) in [6, 6.07) is 6.32. The lowest BCUT2D eigenvalue weighted by Gasteiger charge is -2.10. The molecule has 13 heavy (non-hydrogen) atoms. The molecule has 1 aromatic carbocycles. The summed E-state index contributed by atoms with van der Waals surface area (Å²) in [5, 5.41) is 11.8. The third-order valence-electron chi connectivity index (χ3n) is 1.55. The SMILES string of the molecule is CC(C)Nc1ccc(F)cc1C#N. The van der Waals surface area contributed by atoms with Crippen LogP contribution in [0.15, 0.2) is 18.2 Å². The number of hydrogen-bond acceptors (Lipinski definition) is 2. The molecule has 1 N–H and O–H groups in total. The van der Waals surface area contributed by atoms with E-state index >= 15 is 0 Å². The molecule has 1 aromatic rings. The van der Waals surface area contributed by atoms with Gasteiger partial charge in [-0.1, -0.05) is 0 Å². The number of nitrogens with zero attached hydrogens (tertiary/aromatic N) is 1. The van der Waals surface area contributed by atoms with Crippen LogP contribution in [0.3, 0.4) is 0 Å². The molecular formula is C10H11FN2. The van der Waals surface area contributed by atoms with Crippen LogP contribution in [0.1, 0.15) is 19.4 Å². The Kier molecular flexibility index (Phi) is 2.86. The number of benzene rings is 1. The standard InChI is InChI=1S/C10H11FN2/c1-7(2)13-10-4-3-9(11)5-8(10)6-12/h3-5,7,13H,1-2H3. The van der Waals surface area contributed by atoms with Crippen molar-refractivity contribution in [2.45, 2.75) is 19.9 Å². The first-order chi connectivity index (χ1) is 6.13. The summed E-state index contributed by atoms with van der Waals surface area (Å²) in [5.74, 6) is -0.383. The number of hydrogen-bond donors (Lipinski definition) is 1. The van der Waals surface area contributed by atoms with E-state index in [4.69, 9.17) is 5.26 Å². The van der Waals surface area contributed by atoms with Crippen molar-refractivity contribution < 1.29 is 4.39 Å². The summed E-state index contributed by atoms with van der Waals surface area (Å²) in [5.41, 5.74) is 1.02. The van der Waals surface area contributed by atoms with E-state index in [1.54, 1.807) is 6.07 Å². The summed E-state index contributed by atoms with van der Waals surface area (Å²) < 4.78 is 12.7.